The highest BCUT2D eigenvalue weighted by Gasteiger charge is 2.20. The molecule has 0 heterocycles. The lowest BCUT2D eigenvalue weighted by Gasteiger charge is -2.15. The summed E-state index contributed by atoms with van der Waals surface area (Å²) in [5.74, 6) is 1.60. The second kappa shape index (κ2) is 9.44. The first-order chi connectivity index (χ1) is 12.3. The Balaban J connectivity index is 1.62. The van der Waals surface area contributed by atoms with E-state index in [1.165, 1.54) is 18.4 Å². The van der Waals surface area contributed by atoms with Gasteiger partial charge < -0.3 is 19.5 Å². The van der Waals surface area contributed by atoms with Crippen LogP contribution in [0.15, 0.2) is 48.5 Å². The Morgan fingerprint density at radius 3 is 2.52 bits per heavy atom. The van der Waals surface area contributed by atoms with Crippen molar-refractivity contribution in [2.45, 2.75) is 38.5 Å². The molecule has 0 radical (unpaired) electrons. The van der Waals surface area contributed by atoms with Crippen LogP contribution in [0.4, 0.5) is 0 Å². The van der Waals surface area contributed by atoms with Crippen LogP contribution >= 0.6 is 0 Å². The van der Waals surface area contributed by atoms with Gasteiger partial charge in [0.2, 0.25) is 0 Å². The van der Waals surface area contributed by atoms with Crippen LogP contribution in [0, 0.1) is 0 Å². The molecule has 4 heteroatoms. The number of benzene rings is 2. The Kier molecular flexibility index (Phi) is 6.71. The molecule has 0 spiro atoms. The van der Waals surface area contributed by atoms with Gasteiger partial charge in [-0.2, -0.15) is 0 Å². The van der Waals surface area contributed by atoms with Gasteiger partial charge in [-0.25, -0.2) is 0 Å². The fraction of sp³-hybridized carbons (Fsp3) is 0.429. The van der Waals surface area contributed by atoms with Crippen molar-refractivity contribution in [3.8, 4) is 11.5 Å². The quantitative estimate of drug-likeness (QED) is 0.629. The molecule has 0 saturated heterocycles. The van der Waals surface area contributed by atoms with E-state index >= 15 is 0 Å². The lowest BCUT2D eigenvalue weighted by molar-refractivity contribution is 0.169. The van der Waals surface area contributed by atoms with Gasteiger partial charge in [0.25, 0.3) is 0 Å². The zero-order chi connectivity index (χ0) is 17.3. The van der Waals surface area contributed by atoms with Gasteiger partial charge in [0, 0.05) is 32.7 Å². The highest BCUT2D eigenvalue weighted by Crippen LogP contribution is 2.30. The first-order valence-corrected chi connectivity index (χ1v) is 9.00. The van der Waals surface area contributed by atoms with Crippen LogP contribution < -0.4 is 14.8 Å². The molecular formula is C21H27NO3. The van der Waals surface area contributed by atoms with E-state index in [1.54, 1.807) is 7.11 Å². The van der Waals surface area contributed by atoms with Gasteiger partial charge in [0.05, 0.1) is 6.61 Å². The maximum absolute atomic E-state index is 6.00. The molecular weight excluding hydrogens is 314 g/mol. The summed E-state index contributed by atoms with van der Waals surface area (Å²) >= 11 is 0. The van der Waals surface area contributed by atoms with Crippen molar-refractivity contribution in [1.82, 2.24) is 5.32 Å². The molecule has 1 aliphatic rings. The summed E-state index contributed by atoms with van der Waals surface area (Å²) in [4.78, 5) is 0. The zero-order valence-corrected chi connectivity index (χ0v) is 14.9. The second-order valence-corrected chi connectivity index (χ2v) is 6.41. The highest BCUT2D eigenvalue weighted by molar-refractivity contribution is 5.43. The van der Waals surface area contributed by atoms with E-state index in [1.807, 2.05) is 24.3 Å². The van der Waals surface area contributed by atoms with Gasteiger partial charge >= 0.3 is 0 Å². The molecule has 1 saturated carbocycles. The van der Waals surface area contributed by atoms with Crippen LogP contribution in [0.2, 0.25) is 0 Å². The van der Waals surface area contributed by atoms with E-state index < -0.39 is 0 Å². The molecule has 1 aliphatic carbocycles. The lowest BCUT2D eigenvalue weighted by atomic mass is 10.2. The number of rotatable bonds is 11. The molecule has 0 aromatic heterocycles. The molecule has 134 valence electrons. The third-order valence-electron chi connectivity index (χ3n) is 4.17. The normalized spacial score (nSPS) is 13.6. The van der Waals surface area contributed by atoms with Gasteiger partial charge in [-0.1, -0.05) is 36.4 Å². The first kappa shape index (κ1) is 17.8. The van der Waals surface area contributed by atoms with E-state index in [2.05, 4.69) is 29.6 Å². The molecule has 3 rings (SSSR count). The molecule has 2 aromatic rings. The minimum atomic E-state index is 0.537. The van der Waals surface area contributed by atoms with Gasteiger partial charge in [0.1, 0.15) is 6.61 Å². The third-order valence-corrected chi connectivity index (χ3v) is 4.17. The maximum Gasteiger partial charge on any atom is 0.161 e. The summed E-state index contributed by atoms with van der Waals surface area (Å²) in [6.45, 7) is 2.73. The predicted molar refractivity (Wildman–Crippen MR) is 99.1 cm³/mol. The maximum atomic E-state index is 6.00. The van der Waals surface area contributed by atoms with Crippen molar-refractivity contribution >= 4 is 0 Å². The molecule has 4 nitrogen and oxygen atoms in total. The van der Waals surface area contributed by atoms with Gasteiger partial charge in [-0.3, -0.25) is 0 Å². The van der Waals surface area contributed by atoms with Crippen LogP contribution in [0.1, 0.15) is 30.4 Å². The highest BCUT2D eigenvalue weighted by atomic mass is 16.5. The smallest absolute Gasteiger partial charge is 0.161 e. The molecule has 0 atom stereocenters. The van der Waals surface area contributed by atoms with Crippen molar-refractivity contribution in [2.75, 3.05) is 20.3 Å². The van der Waals surface area contributed by atoms with Crippen LogP contribution in [-0.4, -0.2) is 26.4 Å². The molecule has 0 unspecified atom stereocenters. The number of hydrogen-bond donors (Lipinski definition) is 1. The Morgan fingerprint density at radius 1 is 0.920 bits per heavy atom. The summed E-state index contributed by atoms with van der Waals surface area (Å²) in [6, 6.07) is 17.1. The second-order valence-electron chi connectivity index (χ2n) is 6.41. The van der Waals surface area contributed by atoms with Gasteiger partial charge in [0.15, 0.2) is 11.5 Å². The Labute approximate surface area is 150 Å². The van der Waals surface area contributed by atoms with Crippen molar-refractivity contribution in [3.05, 3.63) is 59.7 Å². The lowest BCUT2D eigenvalue weighted by Crippen LogP contribution is -2.15. The van der Waals surface area contributed by atoms with Crippen LogP contribution in [0.5, 0.6) is 11.5 Å². The molecule has 1 fully saturated rings. The number of hydrogen-bond acceptors (Lipinski definition) is 4. The van der Waals surface area contributed by atoms with Crippen molar-refractivity contribution < 1.29 is 14.2 Å². The standard InChI is InChI=1S/C21H27NO3/c1-23-12-5-13-24-21-14-18(15-22-19-9-10-19)8-11-20(21)25-16-17-6-3-2-4-7-17/h2-4,6-8,11,14,19,22H,5,9-10,12-13,15-16H2,1H3. The monoisotopic (exact) mass is 341 g/mol. The summed E-state index contributed by atoms with van der Waals surface area (Å²) in [7, 11) is 1.71. The van der Waals surface area contributed by atoms with Gasteiger partial charge in [-0.05, 0) is 36.1 Å². The number of ether oxygens (including phenoxy) is 3. The minimum Gasteiger partial charge on any atom is -0.490 e. The summed E-state index contributed by atoms with van der Waals surface area (Å²) in [5, 5.41) is 3.54. The van der Waals surface area contributed by atoms with Crippen molar-refractivity contribution in [1.29, 1.82) is 0 Å². The topological polar surface area (TPSA) is 39.7 Å². The molecule has 0 aliphatic heterocycles. The van der Waals surface area contributed by atoms with E-state index in [9.17, 15) is 0 Å². The van der Waals surface area contributed by atoms with Crippen LogP contribution in [0.3, 0.4) is 0 Å². The SMILES string of the molecule is COCCCOc1cc(CNC2CC2)ccc1OCc1ccccc1. The molecule has 0 bridgehead atoms. The van der Waals surface area contributed by atoms with Crippen LogP contribution in [0.25, 0.3) is 0 Å². The predicted octanol–water partition coefficient (Wildman–Crippen LogP) is 3.93. The summed E-state index contributed by atoms with van der Waals surface area (Å²) in [6.07, 6.45) is 3.44. The van der Waals surface area contributed by atoms with Crippen molar-refractivity contribution in [3.63, 3.8) is 0 Å². The van der Waals surface area contributed by atoms with E-state index in [0.29, 0.717) is 25.9 Å². The Morgan fingerprint density at radius 2 is 1.76 bits per heavy atom. The largest absolute Gasteiger partial charge is 0.490 e. The van der Waals surface area contributed by atoms with Crippen LogP contribution in [-0.2, 0) is 17.9 Å². The van der Waals surface area contributed by atoms with E-state index in [0.717, 1.165) is 30.0 Å². The zero-order valence-electron chi connectivity index (χ0n) is 14.9. The fourth-order valence-electron chi connectivity index (χ4n) is 2.56. The first-order valence-electron chi connectivity index (χ1n) is 9.00. The van der Waals surface area contributed by atoms with E-state index in [4.69, 9.17) is 14.2 Å². The average Bonchev–Trinajstić information content (AvgIpc) is 3.48. The molecule has 25 heavy (non-hydrogen) atoms. The summed E-state index contributed by atoms with van der Waals surface area (Å²) in [5.41, 5.74) is 2.37. The van der Waals surface area contributed by atoms with Crippen molar-refractivity contribution in [2.24, 2.45) is 0 Å². The Bertz CT molecular complexity index is 641. The number of nitrogens with one attached hydrogen (secondary N) is 1. The van der Waals surface area contributed by atoms with E-state index in [-0.39, 0.29) is 0 Å². The Hall–Kier alpha value is -2.04. The fourth-order valence-corrected chi connectivity index (χ4v) is 2.56. The molecule has 2 aromatic carbocycles. The average molecular weight is 341 g/mol. The van der Waals surface area contributed by atoms with Gasteiger partial charge in [-0.15, -0.1) is 0 Å². The number of methoxy groups -OCH3 is 1. The molecule has 0 amide bonds. The third kappa shape index (κ3) is 6.07. The minimum absolute atomic E-state index is 0.537. The molecule has 1 N–H and O–H groups in total. The summed E-state index contributed by atoms with van der Waals surface area (Å²) < 4.78 is 17.0.